The normalized spacial score (nSPS) is 10.5. The first-order valence-corrected chi connectivity index (χ1v) is 9.00. The molecule has 3 rings (SSSR count). The number of hydrogen-bond acceptors (Lipinski definition) is 6. The number of nitrogens with zero attached hydrogens (tertiary/aromatic N) is 2. The van der Waals surface area contributed by atoms with Crippen LogP contribution >= 0.6 is 11.3 Å². The zero-order valence-electron chi connectivity index (χ0n) is 14.0. The van der Waals surface area contributed by atoms with Gasteiger partial charge in [-0.1, -0.05) is 41.7 Å². The van der Waals surface area contributed by atoms with Crippen molar-refractivity contribution < 1.29 is 14.0 Å². The first-order chi connectivity index (χ1) is 12.7. The van der Waals surface area contributed by atoms with Crippen LogP contribution in [0.3, 0.4) is 0 Å². The summed E-state index contributed by atoms with van der Waals surface area (Å²) in [7, 11) is 0. The van der Waals surface area contributed by atoms with Crippen LogP contribution in [0.1, 0.15) is 34.0 Å². The predicted molar refractivity (Wildman–Crippen MR) is 98.1 cm³/mol. The van der Waals surface area contributed by atoms with E-state index < -0.39 is 0 Å². The number of aromatic nitrogens is 2. The second-order valence-corrected chi connectivity index (χ2v) is 6.61. The van der Waals surface area contributed by atoms with Gasteiger partial charge in [0, 0.05) is 19.4 Å². The van der Waals surface area contributed by atoms with E-state index in [4.69, 9.17) is 4.42 Å². The zero-order chi connectivity index (χ0) is 18.2. The lowest BCUT2D eigenvalue weighted by molar-refractivity contribution is -0.116. The molecule has 134 valence electrons. The minimum atomic E-state index is -0.287. The van der Waals surface area contributed by atoms with E-state index in [1.54, 1.807) is 12.1 Å². The number of furan rings is 1. The molecule has 7 nitrogen and oxygen atoms in total. The van der Waals surface area contributed by atoms with E-state index in [2.05, 4.69) is 20.8 Å². The average Bonchev–Trinajstić information content (AvgIpc) is 3.32. The van der Waals surface area contributed by atoms with Crippen molar-refractivity contribution in [3.05, 3.63) is 65.1 Å². The number of carbonyl (C=O) groups excluding carboxylic acids is 2. The van der Waals surface area contributed by atoms with E-state index >= 15 is 0 Å². The SMILES string of the molecule is O=C(CCCNC(=O)c1ccco1)Nc1nnc(Cc2ccccc2)s1. The quantitative estimate of drug-likeness (QED) is 0.594. The summed E-state index contributed by atoms with van der Waals surface area (Å²) < 4.78 is 4.99. The van der Waals surface area contributed by atoms with Crippen molar-refractivity contribution in [2.75, 3.05) is 11.9 Å². The molecule has 2 N–H and O–H groups in total. The molecule has 0 atom stereocenters. The smallest absolute Gasteiger partial charge is 0.286 e. The molecule has 0 aliphatic carbocycles. The topological polar surface area (TPSA) is 97.1 Å². The molecule has 2 amide bonds. The van der Waals surface area contributed by atoms with Crippen LogP contribution < -0.4 is 10.6 Å². The molecule has 1 aromatic carbocycles. The summed E-state index contributed by atoms with van der Waals surface area (Å²) in [5.41, 5.74) is 1.15. The maximum atomic E-state index is 11.9. The van der Waals surface area contributed by atoms with Crippen LogP contribution in [0.2, 0.25) is 0 Å². The summed E-state index contributed by atoms with van der Waals surface area (Å²) in [4.78, 5) is 23.6. The molecule has 3 aromatic rings. The van der Waals surface area contributed by atoms with Crippen LogP contribution in [-0.2, 0) is 11.2 Å². The molecule has 0 aliphatic heterocycles. The molecular weight excluding hydrogens is 352 g/mol. The van der Waals surface area contributed by atoms with Crippen LogP contribution in [0.4, 0.5) is 5.13 Å². The highest BCUT2D eigenvalue weighted by molar-refractivity contribution is 7.15. The van der Waals surface area contributed by atoms with E-state index in [-0.39, 0.29) is 24.0 Å². The van der Waals surface area contributed by atoms with E-state index in [0.29, 0.717) is 24.5 Å². The summed E-state index contributed by atoms with van der Waals surface area (Å²) in [6, 6.07) is 13.2. The predicted octanol–water partition coefficient (Wildman–Crippen LogP) is 2.87. The van der Waals surface area contributed by atoms with Crippen LogP contribution in [0, 0.1) is 0 Å². The fourth-order valence-electron chi connectivity index (χ4n) is 2.27. The number of carbonyl (C=O) groups is 2. The lowest BCUT2D eigenvalue weighted by Crippen LogP contribution is -2.25. The van der Waals surface area contributed by atoms with Crippen molar-refractivity contribution in [2.45, 2.75) is 19.3 Å². The van der Waals surface area contributed by atoms with Crippen LogP contribution in [0.15, 0.2) is 53.1 Å². The second kappa shape index (κ2) is 8.91. The van der Waals surface area contributed by atoms with Gasteiger partial charge in [-0.25, -0.2) is 0 Å². The Balaban J connectivity index is 1.38. The van der Waals surface area contributed by atoms with Gasteiger partial charge in [-0.3, -0.25) is 9.59 Å². The first-order valence-electron chi connectivity index (χ1n) is 8.18. The average molecular weight is 370 g/mol. The third-order valence-corrected chi connectivity index (χ3v) is 4.36. The lowest BCUT2D eigenvalue weighted by atomic mass is 10.2. The van der Waals surface area contributed by atoms with Gasteiger partial charge < -0.3 is 15.1 Å². The molecule has 2 aromatic heterocycles. The van der Waals surface area contributed by atoms with Crippen LogP contribution in [0.25, 0.3) is 0 Å². The summed E-state index contributed by atoms with van der Waals surface area (Å²) >= 11 is 1.36. The lowest BCUT2D eigenvalue weighted by Gasteiger charge is -2.03. The van der Waals surface area contributed by atoms with Crippen LogP contribution in [0.5, 0.6) is 0 Å². The third kappa shape index (κ3) is 5.25. The van der Waals surface area contributed by atoms with Gasteiger partial charge in [0.25, 0.3) is 5.91 Å². The summed E-state index contributed by atoms with van der Waals surface area (Å²) in [6.07, 6.45) is 2.93. The molecule has 0 unspecified atom stereocenters. The van der Waals surface area contributed by atoms with Crippen LogP contribution in [-0.4, -0.2) is 28.6 Å². The fourth-order valence-corrected chi connectivity index (χ4v) is 3.06. The maximum absolute atomic E-state index is 11.9. The summed E-state index contributed by atoms with van der Waals surface area (Å²) in [6.45, 7) is 0.391. The minimum absolute atomic E-state index is 0.153. The van der Waals surface area contributed by atoms with E-state index in [1.807, 2.05) is 30.3 Å². The summed E-state index contributed by atoms with van der Waals surface area (Å²) in [5, 5.41) is 14.9. The number of benzene rings is 1. The van der Waals surface area contributed by atoms with Gasteiger partial charge >= 0.3 is 0 Å². The highest BCUT2D eigenvalue weighted by Gasteiger charge is 2.10. The fraction of sp³-hybridized carbons (Fsp3) is 0.222. The Kier molecular flexibility index (Phi) is 6.10. The molecule has 0 aliphatic rings. The van der Waals surface area contributed by atoms with Gasteiger partial charge in [-0.2, -0.15) is 0 Å². The minimum Gasteiger partial charge on any atom is -0.459 e. The third-order valence-electron chi connectivity index (χ3n) is 3.52. The van der Waals surface area contributed by atoms with Gasteiger partial charge in [-0.15, -0.1) is 10.2 Å². The van der Waals surface area contributed by atoms with Crippen molar-refractivity contribution in [3.63, 3.8) is 0 Å². The molecule has 2 heterocycles. The standard InChI is InChI=1S/C18H18N4O3S/c23-15(9-4-10-19-17(24)14-8-5-11-25-14)20-18-22-21-16(26-18)12-13-6-2-1-3-7-13/h1-3,5-8,11H,4,9-10,12H2,(H,19,24)(H,20,22,23). The van der Waals surface area contributed by atoms with Gasteiger partial charge in [0.1, 0.15) is 5.01 Å². The number of rotatable bonds is 8. The molecule has 0 bridgehead atoms. The Bertz CT molecular complexity index is 846. The molecule has 0 radical (unpaired) electrons. The monoisotopic (exact) mass is 370 g/mol. The Morgan fingerprint density at radius 2 is 1.92 bits per heavy atom. The Morgan fingerprint density at radius 3 is 2.69 bits per heavy atom. The van der Waals surface area contributed by atoms with E-state index in [9.17, 15) is 9.59 Å². The number of nitrogens with one attached hydrogen (secondary N) is 2. The highest BCUT2D eigenvalue weighted by atomic mass is 32.1. The van der Waals surface area contributed by atoms with E-state index in [1.165, 1.54) is 17.6 Å². The second-order valence-electron chi connectivity index (χ2n) is 5.55. The number of anilines is 1. The van der Waals surface area contributed by atoms with E-state index in [0.717, 1.165) is 10.6 Å². The Hall–Kier alpha value is -3.00. The van der Waals surface area contributed by atoms with Gasteiger partial charge in [-0.05, 0) is 24.1 Å². The van der Waals surface area contributed by atoms with Crippen molar-refractivity contribution in [2.24, 2.45) is 0 Å². The first kappa shape index (κ1) is 17.8. The molecule has 0 saturated heterocycles. The number of hydrogen-bond donors (Lipinski definition) is 2. The Morgan fingerprint density at radius 1 is 1.08 bits per heavy atom. The molecule has 26 heavy (non-hydrogen) atoms. The van der Waals surface area contributed by atoms with Crippen molar-refractivity contribution in [3.8, 4) is 0 Å². The molecule has 0 fully saturated rings. The van der Waals surface area contributed by atoms with Crippen molar-refractivity contribution in [1.82, 2.24) is 15.5 Å². The maximum Gasteiger partial charge on any atom is 0.286 e. The van der Waals surface area contributed by atoms with Crippen molar-refractivity contribution >= 4 is 28.3 Å². The van der Waals surface area contributed by atoms with Crippen molar-refractivity contribution in [1.29, 1.82) is 0 Å². The molecule has 8 heteroatoms. The van der Waals surface area contributed by atoms with Gasteiger partial charge in [0.05, 0.1) is 6.26 Å². The van der Waals surface area contributed by atoms with Gasteiger partial charge in [0.2, 0.25) is 11.0 Å². The Labute approximate surface area is 154 Å². The molecular formula is C18H18N4O3S. The zero-order valence-corrected chi connectivity index (χ0v) is 14.8. The highest BCUT2D eigenvalue weighted by Crippen LogP contribution is 2.18. The molecule has 0 saturated carbocycles. The summed E-state index contributed by atoms with van der Waals surface area (Å²) in [5.74, 6) is -0.181. The molecule has 0 spiro atoms. The number of amides is 2. The van der Waals surface area contributed by atoms with Gasteiger partial charge in [0.15, 0.2) is 5.76 Å². The largest absolute Gasteiger partial charge is 0.459 e.